The monoisotopic (exact) mass is 272 g/mol. The van der Waals surface area contributed by atoms with Crippen LogP contribution in [0.2, 0.25) is 0 Å². The van der Waals surface area contributed by atoms with Gasteiger partial charge in [-0.2, -0.15) is 0 Å². The van der Waals surface area contributed by atoms with Crippen LogP contribution in [-0.2, 0) is 0 Å². The molecule has 0 amide bonds. The Balaban J connectivity index is 1.93. The van der Waals surface area contributed by atoms with Gasteiger partial charge in [0, 0.05) is 32.1 Å². The Morgan fingerprint density at radius 2 is 2.10 bits per heavy atom. The number of nitrogens with zero attached hydrogens (tertiary/aromatic N) is 2. The van der Waals surface area contributed by atoms with E-state index in [9.17, 15) is 9.18 Å². The van der Waals surface area contributed by atoms with E-state index in [0.717, 1.165) is 31.4 Å². The molecule has 0 spiro atoms. The Morgan fingerprint density at radius 1 is 1.35 bits per heavy atom. The SMILES string of the molecule is [CH2]C#CN1CCC(n2c(=O)[nH]c3cc(F)ccc32)CC1. The van der Waals surface area contributed by atoms with Crippen LogP contribution in [-0.4, -0.2) is 27.5 Å². The number of hydrogen-bond acceptors (Lipinski definition) is 2. The Kier molecular flexibility index (Phi) is 3.23. The van der Waals surface area contributed by atoms with E-state index in [2.05, 4.69) is 23.9 Å². The topological polar surface area (TPSA) is 41.0 Å². The molecule has 20 heavy (non-hydrogen) atoms. The number of aromatic amines is 1. The molecule has 2 aromatic rings. The Morgan fingerprint density at radius 3 is 2.80 bits per heavy atom. The summed E-state index contributed by atoms with van der Waals surface area (Å²) >= 11 is 0. The molecule has 0 atom stereocenters. The number of hydrogen-bond donors (Lipinski definition) is 1. The van der Waals surface area contributed by atoms with E-state index in [1.165, 1.54) is 12.1 Å². The third-order valence-electron chi connectivity index (χ3n) is 3.75. The Hall–Kier alpha value is -2.22. The summed E-state index contributed by atoms with van der Waals surface area (Å²) in [5, 5.41) is 0. The van der Waals surface area contributed by atoms with Gasteiger partial charge < -0.3 is 9.88 Å². The van der Waals surface area contributed by atoms with Crippen molar-refractivity contribution in [2.24, 2.45) is 0 Å². The molecule has 0 unspecified atom stereocenters. The van der Waals surface area contributed by atoms with Gasteiger partial charge in [0.1, 0.15) is 5.82 Å². The van der Waals surface area contributed by atoms with Gasteiger partial charge in [0.2, 0.25) is 0 Å². The van der Waals surface area contributed by atoms with Crippen molar-refractivity contribution in [1.29, 1.82) is 0 Å². The van der Waals surface area contributed by atoms with E-state index in [1.807, 2.05) is 4.90 Å². The van der Waals surface area contributed by atoms with E-state index in [-0.39, 0.29) is 17.5 Å². The highest BCUT2D eigenvalue weighted by Gasteiger charge is 2.22. The predicted octanol–water partition coefficient (Wildman–Crippen LogP) is 1.90. The average molecular weight is 272 g/mol. The molecule has 1 aromatic heterocycles. The second kappa shape index (κ2) is 5.04. The molecule has 3 rings (SSSR count). The fraction of sp³-hybridized carbons (Fsp3) is 0.333. The lowest BCUT2D eigenvalue weighted by atomic mass is 10.1. The minimum atomic E-state index is -0.341. The maximum atomic E-state index is 13.2. The Bertz CT molecular complexity index is 742. The summed E-state index contributed by atoms with van der Waals surface area (Å²) in [6.07, 6.45) is 1.69. The van der Waals surface area contributed by atoms with Crippen molar-refractivity contribution in [2.45, 2.75) is 18.9 Å². The molecule has 1 saturated heterocycles. The molecule has 0 saturated carbocycles. The molecule has 1 radical (unpaired) electrons. The first-order valence-corrected chi connectivity index (χ1v) is 6.61. The largest absolute Gasteiger partial charge is 0.332 e. The minimum Gasteiger partial charge on any atom is -0.332 e. The number of likely N-dealkylation sites (tertiary alicyclic amines) is 1. The summed E-state index contributed by atoms with van der Waals surface area (Å²) < 4.78 is 14.9. The second-order valence-electron chi connectivity index (χ2n) is 4.97. The number of piperidine rings is 1. The number of halogens is 1. The van der Waals surface area contributed by atoms with Crippen LogP contribution in [0.15, 0.2) is 23.0 Å². The zero-order valence-corrected chi connectivity index (χ0v) is 11.0. The van der Waals surface area contributed by atoms with Crippen molar-refractivity contribution >= 4 is 11.0 Å². The molecule has 1 aromatic carbocycles. The van der Waals surface area contributed by atoms with Crippen LogP contribution < -0.4 is 5.69 Å². The molecule has 1 fully saturated rings. The van der Waals surface area contributed by atoms with Gasteiger partial charge in [-0.25, -0.2) is 9.18 Å². The van der Waals surface area contributed by atoms with Crippen LogP contribution in [0.1, 0.15) is 18.9 Å². The zero-order valence-electron chi connectivity index (χ0n) is 11.0. The molecular weight excluding hydrogens is 257 g/mol. The summed E-state index contributed by atoms with van der Waals surface area (Å²) in [6, 6.07) is 7.47. The van der Waals surface area contributed by atoms with E-state index < -0.39 is 0 Å². The lowest BCUT2D eigenvalue weighted by Crippen LogP contribution is -2.34. The molecule has 1 N–H and O–H groups in total. The average Bonchev–Trinajstić information content (AvgIpc) is 2.75. The van der Waals surface area contributed by atoms with Crippen molar-refractivity contribution in [3.8, 4) is 12.0 Å². The first-order valence-electron chi connectivity index (χ1n) is 6.61. The molecule has 0 aliphatic carbocycles. The number of H-pyrrole nitrogens is 1. The van der Waals surface area contributed by atoms with Gasteiger partial charge in [-0.1, -0.05) is 5.92 Å². The fourth-order valence-corrected chi connectivity index (χ4v) is 2.81. The first-order chi connectivity index (χ1) is 9.69. The Labute approximate surface area is 116 Å². The van der Waals surface area contributed by atoms with E-state index in [1.54, 1.807) is 10.6 Å². The highest BCUT2D eigenvalue weighted by molar-refractivity contribution is 5.75. The molecule has 1 aliphatic rings. The lowest BCUT2D eigenvalue weighted by molar-refractivity contribution is 0.256. The van der Waals surface area contributed by atoms with Gasteiger partial charge in [0.05, 0.1) is 11.0 Å². The van der Waals surface area contributed by atoms with Crippen molar-refractivity contribution < 1.29 is 4.39 Å². The van der Waals surface area contributed by atoms with Gasteiger partial charge in [-0.05, 0) is 31.0 Å². The van der Waals surface area contributed by atoms with E-state index >= 15 is 0 Å². The highest BCUT2D eigenvalue weighted by Crippen LogP contribution is 2.24. The second-order valence-corrected chi connectivity index (χ2v) is 4.97. The summed E-state index contributed by atoms with van der Waals surface area (Å²) in [5.41, 5.74) is 1.14. The normalized spacial score (nSPS) is 16.2. The third-order valence-corrected chi connectivity index (χ3v) is 3.75. The summed E-state index contributed by atoms with van der Waals surface area (Å²) in [5.74, 6) is 2.30. The predicted molar refractivity (Wildman–Crippen MR) is 75.5 cm³/mol. The van der Waals surface area contributed by atoms with E-state index in [0.29, 0.717) is 5.52 Å². The minimum absolute atomic E-state index is 0.129. The van der Waals surface area contributed by atoms with Gasteiger partial charge in [0.15, 0.2) is 0 Å². The number of benzene rings is 1. The number of rotatable bonds is 1. The summed E-state index contributed by atoms with van der Waals surface area (Å²) in [6.45, 7) is 5.14. The number of aromatic nitrogens is 2. The highest BCUT2D eigenvalue weighted by atomic mass is 19.1. The first kappa shape index (κ1) is 12.8. The third kappa shape index (κ3) is 2.18. The summed E-state index contributed by atoms with van der Waals surface area (Å²) in [7, 11) is 0. The quantitative estimate of drug-likeness (QED) is 0.806. The lowest BCUT2D eigenvalue weighted by Gasteiger charge is -2.30. The van der Waals surface area contributed by atoms with Crippen LogP contribution in [0.3, 0.4) is 0 Å². The number of imidazole rings is 1. The molecule has 2 heterocycles. The molecule has 4 nitrogen and oxygen atoms in total. The van der Waals surface area contributed by atoms with Crippen LogP contribution in [0.4, 0.5) is 4.39 Å². The number of nitrogens with one attached hydrogen (secondary N) is 1. The molecule has 1 aliphatic heterocycles. The van der Waals surface area contributed by atoms with Crippen LogP contribution in [0.5, 0.6) is 0 Å². The number of fused-ring (bicyclic) bond motifs is 1. The van der Waals surface area contributed by atoms with Crippen molar-refractivity contribution in [3.05, 3.63) is 41.4 Å². The van der Waals surface area contributed by atoms with Crippen LogP contribution in [0.25, 0.3) is 11.0 Å². The van der Waals surface area contributed by atoms with Gasteiger partial charge >= 0.3 is 5.69 Å². The van der Waals surface area contributed by atoms with Crippen LogP contribution in [0, 0.1) is 24.7 Å². The van der Waals surface area contributed by atoms with Crippen molar-refractivity contribution in [1.82, 2.24) is 14.5 Å². The van der Waals surface area contributed by atoms with Crippen molar-refractivity contribution in [2.75, 3.05) is 13.1 Å². The van der Waals surface area contributed by atoms with E-state index in [4.69, 9.17) is 0 Å². The van der Waals surface area contributed by atoms with Gasteiger partial charge in [-0.15, -0.1) is 0 Å². The standard InChI is InChI=1S/C15H15FN3O/c1-2-7-18-8-5-12(6-9-18)19-14-4-3-11(16)10-13(14)17-15(19)20/h3-4,10,12H,1,5-6,8-9H2,(H,17,20). The molecular formula is C15H15FN3O. The van der Waals surface area contributed by atoms with Gasteiger partial charge in [-0.3, -0.25) is 4.57 Å². The van der Waals surface area contributed by atoms with Gasteiger partial charge in [0.25, 0.3) is 0 Å². The fourth-order valence-electron chi connectivity index (χ4n) is 2.81. The molecule has 0 bridgehead atoms. The maximum Gasteiger partial charge on any atom is 0.326 e. The maximum absolute atomic E-state index is 13.2. The molecule has 103 valence electrons. The molecule has 5 heteroatoms. The van der Waals surface area contributed by atoms with Crippen molar-refractivity contribution in [3.63, 3.8) is 0 Å². The summed E-state index contributed by atoms with van der Waals surface area (Å²) in [4.78, 5) is 16.8. The van der Waals surface area contributed by atoms with Crippen LogP contribution >= 0.6 is 0 Å². The smallest absolute Gasteiger partial charge is 0.326 e. The zero-order chi connectivity index (χ0) is 14.1.